The molecular weight excluding hydrogens is 476 g/mol. The summed E-state index contributed by atoms with van der Waals surface area (Å²) in [5.41, 5.74) is 0. The molecular formula is C24H32N2O4S3. The molecule has 0 aromatic heterocycles. The van der Waals surface area contributed by atoms with Crippen molar-refractivity contribution in [3.05, 3.63) is 42.5 Å². The number of carbonyl (C=O) groups is 1. The van der Waals surface area contributed by atoms with Gasteiger partial charge in [-0.2, -0.15) is 0 Å². The molecule has 2 heterocycles. The Morgan fingerprint density at radius 1 is 1.12 bits per heavy atom. The van der Waals surface area contributed by atoms with E-state index < -0.39 is 17.1 Å². The molecule has 0 amide bonds. The minimum Gasteiger partial charge on any atom is -0.611 e. The van der Waals surface area contributed by atoms with E-state index in [4.69, 9.17) is 34.3 Å². The third-order valence-electron chi connectivity index (χ3n) is 6.18. The lowest BCUT2D eigenvalue weighted by Crippen LogP contribution is -2.42. The minimum atomic E-state index is -1.17. The van der Waals surface area contributed by atoms with Crippen molar-refractivity contribution in [2.45, 2.75) is 55.6 Å². The second-order valence-electron chi connectivity index (χ2n) is 8.49. The number of aliphatic carboxylic acids is 1. The second-order valence-corrected chi connectivity index (χ2v) is 10.9. The Kier molecular flexibility index (Phi) is 10.6. The zero-order valence-corrected chi connectivity index (χ0v) is 21.1. The molecule has 3 rings (SSSR count). The number of ether oxygens (including phenoxy) is 1. The highest BCUT2D eigenvalue weighted by molar-refractivity contribution is 7.94. The zero-order chi connectivity index (χ0) is 23.6. The van der Waals surface area contributed by atoms with Gasteiger partial charge >= 0.3 is 5.97 Å². The molecule has 9 heteroatoms. The number of rotatable bonds is 13. The van der Waals surface area contributed by atoms with Crippen LogP contribution < -0.4 is 10.6 Å². The van der Waals surface area contributed by atoms with Gasteiger partial charge in [-0.15, -0.1) is 0 Å². The van der Waals surface area contributed by atoms with Crippen LogP contribution in [0.25, 0.3) is 0 Å². The lowest BCUT2D eigenvalue weighted by atomic mass is 9.77. The number of allylic oxidation sites excluding steroid dienone is 2. The fourth-order valence-corrected chi connectivity index (χ4v) is 6.04. The van der Waals surface area contributed by atoms with Crippen molar-refractivity contribution in [3.63, 3.8) is 0 Å². The molecule has 6 nitrogen and oxygen atoms in total. The zero-order valence-electron chi connectivity index (χ0n) is 18.6. The summed E-state index contributed by atoms with van der Waals surface area (Å²) in [5, 5.41) is 15.2. The summed E-state index contributed by atoms with van der Waals surface area (Å²) < 4.78 is 18.5. The Morgan fingerprint density at radius 2 is 1.85 bits per heavy atom. The maximum atomic E-state index is 12.4. The van der Waals surface area contributed by atoms with Crippen molar-refractivity contribution in [3.8, 4) is 0 Å². The lowest BCUT2D eigenvalue weighted by molar-refractivity contribution is -0.137. The molecule has 0 saturated carbocycles. The summed E-state index contributed by atoms with van der Waals surface area (Å²) in [5.74, 6) is 0.398. The molecule has 2 aliphatic heterocycles. The molecule has 1 aromatic carbocycles. The Hall–Kier alpha value is -1.52. The molecule has 2 bridgehead atoms. The van der Waals surface area contributed by atoms with Crippen molar-refractivity contribution in [1.82, 2.24) is 10.6 Å². The average molecular weight is 509 g/mol. The quantitative estimate of drug-likeness (QED) is 0.161. The molecule has 0 spiro atoms. The van der Waals surface area contributed by atoms with Crippen LogP contribution >= 0.6 is 24.4 Å². The fourth-order valence-electron chi connectivity index (χ4n) is 4.52. The Labute approximate surface area is 209 Å². The van der Waals surface area contributed by atoms with E-state index in [1.54, 1.807) is 0 Å². The molecule has 2 fully saturated rings. The first-order chi connectivity index (χ1) is 15.9. The van der Waals surface area contributed by atoms with Gasteiger partial charge in [0.1, 0.15) is 4.99 Å². The SMILES string of the molecule is O=C(O)CCC/C=C\C[C@H]1[C@@H](CNC(=S)CNC(=S)C[S+]([O-])c2ccccc2)[C@H]2CC[C@@H]1O2. The highest BCUT2D eigenvalue weighted by Gasteiger charge is 2.47. The third kappa shape index (κ3) is 8.33. The van der Waals surface area contributed by atoms with E-state index in [-0.39, 0.29) is 18.3 Å². The summed E-state index contributed by atoms with van der Waals surface area (Å²) in [6.45, 7) is 1.19. The van der Waals surface area contributed by atoms with Crippen LogP contribution in [0.4, 0.5) is 0 Å². The molecule has 2 aliphatic rings. The summed E-state index contributed by atoms with van der Waals surface area (Å²) in [4.78, 5) is 12.6. The number of benzene rings is 1. The first kappa shape index (κ1) is 26.1. The number of thiocarbonyl (C=S) groups is 2. The minimum absolute atomic E-state index is 0.213. The van der Waals surface area contributed by atoms with Gasteiger partial charge in [-0.05, 0) is 61.3 Å². The molecule has 5 atom stereocenters. The number of carboxylic acid groups (broad SMARTS) is 1. The number of unbranched alkanes of at least 4 members (excludes halogenated alkanes) is 1. The molecule has 3 N–H and O–H groups in total. The van der Waals surface area contributed by atoms with Gasteiger partial charge < -0.3 is 25.0 Å². The molecule has 0 radical (unpaired) electrons. The van der Waals surface area contributed by atoms with Crippen molar-refractivity contribution >= 4 is 51.6 Å². The van der Waals surface area contributed by atoms with Crippen LogP contribution in [0.1, 0.15) is 38.5 Å². The van der Waals surface area contributed by atoms with E-state index in [9.17, 15) is 9.35 Å². The van der Waals surface area contributed by atoms with Crippen LogP contribution in [0.2, 0.25) is 0 Å². The fraction of sp³-hybridized carbons (Fsp3) is 0.542. The maximum Gasteiger partial charge on any atom is 0.303 e. The first-order valence-electron chi connectivity index (χ1n) is 11.4. The first-order valence-corrected chi connectivity index (χ1v) is 13.6. The summed E-state index contributed by atoms with van der Waals surface area (Å²) in [7, 11) is 0. The van der Waals surface area contributed by atoms with Gasteiger partial charge in [-0.1, -0.05) is 54.8 Å². The van der Waals surface area contributed by atoms with Gasteiger partial charge in [-0.3, -0.25) is 4.79 Å². The molecule has 180 valence electrons. The average Bonchev–Trinajstić information content (AvgIpc) is 3.41. The van der Waals surface area contributed by atoms with E-state index in [1.165, 1.54) is 0 Å². The number of nitrogens with one attached hydrogen (secondary N) is 2. The van der Waals surface area contributed by atoms with Crippen LogP contribution in [0.3, 0.4) is 0 Å². The summed E-state index contributed by atoms with van der Waals surface area (Å²) >= 11 is 9.66. The van der Waals surface area contributed by atoms with E-state index in [2.05, 4.69) is 22.8 Å². The number of carboxylic acids is 1. The summed E-state index contributed by atoms with van der Waals surface area (Å²) in [6, 6.07) is 9.30. The van der Waals surface area contributed by atoms with E-state index in [0.29, 0.717) is 40.9 Å². The highest BCUT2D eigenvalue weighted by atomic mass is 32.2. The second kappa shape index (κ2) is 13.4. The molecule has 2 saturated heterocycles. The number of fused-ring (bicyclic) bond motifs is 2. The standard InChI is InChI=1S/C24H32N2O4S3/c27-24(28)11-7-2-1-6-10-18-19(21-13-12-20(18)30-21)14-25-22(31)15-26-23(32)16-33(29)17-8-4-3-5-9-17/h1,3-6,8-9,18-21H,2,7,10-16H2,(H,25,31)(H,26,32)(H,27,28)/b6-1-/t18-,19+,20-,21+,33?/m0/s1. The van der Waals surface area contributed by atoms with Crippen molar-refractivity contribution in [2.75, 3.05) is 18.8 Å². The van der Waals surface area contributed by atoms with Gasteiger partial charge in [0.25, 0.3) is 0 Å². The molecule has 1 unspecified atom stereocenters. The van der Waals surface area contributed by atoms with Gasteiger partial charge in [0.05, 0.1) is 23.7 Å². The van der Waals surface area contributed by atoms with Crippen LogP contribution in [-0.2, 0) is 20.7 Å². The van der Waals surface area contributed by atoms with Crippen LogP contribution in [-0.4, -0.2) is 56.7 Å². The predicted molar refractivity (Wildman–Crippen MR) is 139 cm³/mol. The van der Waals surface area contributed by atoms with Gasteiger partial charge in [-0.25, -0.2) is 0 Å². The van der Waals surface area contributed by atoms with Crippen LogP contribution in [0.15, 0.2) is 47.4 Å². The predicted octanol–water partition coefficient (Wildman–Crippen LogP) is 3.62. The van der Waals surface area contributed by atoms with Crippen LogP contribution in [0, 0.1) is 11.8 Å². The largest absolute Gasteiger partial charge is 0.611 e. The topological polar surface area (TPSA) is 93.7 Å². The lowest BCUT2D eigenvalue weighted by Gasteiger charge is -2.28. The van der Waals surface area contributed by atoms with Crippen LogP contribution in [0.5, 0.6) is 0 Å². The Bertz CT molecular complexity index is 836. The van der Waals surface area contributed by atoms with Gasteiger partial charge in [0.15, 0.2) is 10.6 Å². The van der Waals surface area contributed by atoms with E-state index in [1.807, 2.05) is 30.3 Å². The summed E-state index contributed by atoms with van der Waals surface area (Å²) in [6.07, 6.45) is 9.67. The normalized spacial score (nSPS) is 24.6. The Morgan fingerprint density at radius 3 is 2.58 bits per heavy atom. The Balaban J connectivity index is 1.37. The molecule has 33 heavy (non-hydrogen) atoms. The highest BCUT2D eigenvalue weighted by Crippen LogP contribution is 2.44. The van der Waals surface area contributed by atoms with Gasteiger partial charge in [0.2, 0.25) is 0 Å². The monoisotopic (exact) mass is 508 g/mol. The number of hydrogen-bond acceptors (Lipinski definition) is 5. The maximum absolute atomic E-state index is 12.4. The van der Waals surface area contributed by atoms with Crippen molar-refractivity contribution in [1.29, 1.82) is 0 Å². The third-order valence-corrected chi connectivity index (χ3v) is 8.28. The number of hydrogen-bond donors (Lipinski definition) is 3. The van der Waals surface area contributed by atoms with Crippen molar-refractivity contribution in [2.24, 2.45) is 11.8 Å². The van der Waals surface area contributed by atoms with Crippen molar-refractivity contribution < 1.29 is 19.2 Å². The molecule has 0 aliphatic carbocycles. The molecule has 1 aromatic rings. The van der Waals surface area contributed by atoms with E-state index >= 15 is 0 Å². The van der Waals surface area contributed by atoms with E-state index in [0.717, 1.165) is 37.1 Å². The smallest absolute Gasteiger partial charge is 0.303 e. The van der Waals surface area contributed by atoms with Gasteiger partial charge in [0, 0.05) is 18.9 Å².